The second kappa shape index (κ2) is 10.6. The second-order valence-corrected chi connectivity index (χ2v) is 5.07. The van der Waals surface area contributed by atoms with Crippen molar-refractivity contribution in [3.8, 4) is 0 Å². The Morgan fingerprint density at radius 1 is 1.45 bits per heavy atom. The van der Waals surface area contributed by atoms with E-state index in [1.807, 2.05) is 19.9 Å². The Labute approximate surface area is 131 Å². The van der Waals surface area contributed by atoms with Gasteiger partial charge in [-0.2, -0.15) is 0 Å². The number of nitro groups is 1. The maximum atomic E-state index is 12.3. The van der Waals surface area contributed by atoms with E-state index in [9.17, 15) is 19.6 Å². The summed E-state index contributed by atoms with van der Waals surface area (Å²) in [4.78, 5) is 10.2. The highest BCUT2D eigenvalue weighted by Crippen LogP contribution is 2.10. The van der Waals surface area contributed by atoms with Gasteiger partial charge in [-0.15, -0.1) is 0 Å². The van der Waals surface area contributed by atoms with Gasteiger partial charge in [0.15, 0.2) is 0 Å². The molecule has 0 heterocycles. The molecular weight excluding hydrogens is 287 g/mol. The predicted molar refractivity (Wildman–Crippen MR) is 86.7 cm³/mol. The van der Waals surface area contributed by atoms with Crippen LogP contribution in [0.4, 0.5) is 4.39 Å². The van der Waals surface area contributed by atoms with Crippen molar-refractivity contribution in [1.82, 2.24) is 5.32 Å². The minimum Gasteiger partial charge on any atom is -0.512 e. The number of nitrogens with zero attached hydrogens (tertiary/aromatic N) is 1. The summed E-state index contributed by atoms with van der Waals surface area (Å²) < 4.78 is 12.3. The molecule has 0 bridgehead atoms. The molecule has 124 valence electrons. The van der Waals surface area contributed by atoms with Crippen LogP contribution in [-0.4, -0.2) is 23.2 Å². The molecule has 0 radical (unpaired) electrons. The highest BCUT2D eigenvalue weighted by Gasteiger charge is 2.07. The Morgan fingerprint density at radius 3 is 2.55 bits per heavy atom. The first-order chi connectivity index (χ1) is 10.3. The summed E-state index contributed by atoms with van der Waals surface area (Å²) in [6, 6.07) is 0. The van der Waals surface area contributed by atoms with Crippen molar-refractivity contribution in [2.75, 3.05) is 13.2 Å². The summed E-state index contributed by atoms with van der Waals surface area (Å²) in [5.74, 6) is 0.316. The van der Waals surface area contributed by atoms with Crippen LogP contribution in [0.3, 0.4) is 0 Å². The molecule has 0 fully saturated rings. The van der Waals surface area contributed by atoms with Gasteiger partial charge in [-0.25, -0.2) is 4.39 Å². The molecule has 0 saturated carbocycles. The SMILES string of the molecule is CCC(C)/C=C(\C=C/CF)NCC(/C=C(\C)[N+](=O)[O-])=C(/C)O. The molecule has 5 nitrogen and oxygen atoms in total. The molecule has 0 rings (SSSR count). The molecular formula is C16H25FN2O3. The molecule has 1 atom stereocenters. The average Bonchev–Trinajstić information content (AvgIpc) is 2.47. The van der Waals surface area contributed by atoms with E-state index in [1.54, 1.807) is 6.08 Å². The maximum absolute atomic E-state index is 12.3. The summed E-state index contributed by atoms with van der Waals surface area (Å²) in [7, 11) is 0. The van der Waals surface area contributed by atoms with Gasteiger partial charge in [0.25, 0.3) is 0 Å². The van der Waals surface area contributed by atoms with E-state index in [1.165, 1.54) is 26.0 Å². The fraction of sp³-hybridized carbons (Fsp3) is 0.500. The molecule has 0 aromatic heterocycles. The normalized spacial score (nSPS) is 15.7. The molecule has 0 spiro atoms. The minimum absolute atomic E-state index is 0.00561. The topological polar surface area (TPSA) is 75.4 Å². The van der Waals surface area contributed by atoms with E-state index in [-0.39, 0.29) is 18.0 Å². The van der Waals surface area contributed by atoms with Crippen LogP contribution in [0.1, 0.15) is 34.1 Å². The van der Waals surface area contributed by atoms with Crippen LogP contribution < -0.4 is 5.32 Å². The van der Waals surface area contributed by atoms with Gasteiger partial charge < -0.3 is 10.4 Å². The fourth-order valence-corrected chi connectivity index (χ4v) is 1.55. The molecule has 0 aromatic carbocycles. The van der Waals surface area contributed by atoms with E-state index in [4.69, 9.17) is 0 Å². The van der Waals surface area contributed by atoms with E-state index >= 15 is 0 Å². The van der Waals surface area contributed by atoms with Crippen molar-refractivity contribution in [1.29, 1.82) is 0 Å². The number of alkyl halides is 1. The molecule has 0 saturated heterocycles. The summed E-state index contributed by atoms with van der Waals surface area (Å²) in [6.45, 7) is 6.56. The lowest BCUT2D eigenvalue weighted by atomic mass is 10.1. The first kappa shape index (κ1) is 19.9. The molecule has 22 heavy (non-hydrogen) atoms. The largest absolute Gasteiger partial charge is 0.512 e. The molecule has 0 aliphatic heterocycles. The van der Waals surface area contributed by atoms with Crippen molar-refractivity contribution >= 4 is 0 Å². The van der Waals surface area contributed by atoms with Crippen molar-refractivity contribution in [2.24, 2.45) is 5.92 Å². The molecule has 6 heteroatoms. The zero-order valence-electron chi connectivity index (χ0n) is 13.6. The van der Waals surface area contributed by atoms with Crippen LogP contribution in [0.25, 0.3) is 0 Å². The van der Waals surface area contributed by atoms with Crippen LogP contribution in [-0.2, 0) is 0 Å². The number of nitrogens with one attached hydrogen (secondary N) is 1. The van der Waals surface area contributed by atoms with Gasteiger partial charge in [-0.3, -0.25) is 10.1 Å². The van der Waals surface area contributed by atoms with Crippen LogP contribution in [0.2, 0.25) is 0 Å². The van der Waals surface area contributed by atoms with Gasteiger partial charge in [-0.05, 0) is 18.9 Å². The number of rotatable bonds is 9. The van der Waals surface area contributed by atoms with Gasteiger partial charge in [0.05, 0.1) is 10.7 Å². The lowest BCUT2D eigenvalue weighted by molar-refractivity contribution is -0.424. The van der Waals surface area contributed by atoms with E-state index in [0.29, 0.717) is 11.5 Å². The third-order valence-electron chi connectivity index (χ3n) is 3.11. The number of allylic oxidation sites excluding steroid dienone is 5. The third kappa shape index (κ3) is 8.24. The molecule has 0 aliphatic carbocycles. The number of hydrogen-bond acceptors (Lipinski definition) is 4. The van der Waals surface area contributed by atoms with Gasteiger partial charge in [0.1, 0.15) is 6.67 Å². The summed E-state index contributed by atoms with van der Waals surface area (Å²) in [5.41, 5.74) is 1.08. The Balaban J connectivity index is 5.12. The zero-order chi connectivity index (χ0) is 17.1. The van der Waals surface area contributed by atoms with E-state index in [0.717, 1.165) is 12.1 Å². The summed E-state index contributed by atoms with van der Waals surface area (Å²) in [6.07, 6.45) is 7.23. The van der Waals surface area contributed by atoms with Gasteiger partial charge in [0.2, 0.25) is 5.70 Å². The van der Waals surface area contributed by atoms with Crippen molar-refractivity contribution in [3.63, 3.8) is 0 Å². The Kier molecular flexibility index (Phi) is 9.58. The Hall–Kier alpha value is -2.11. The standard InChI is InChI=1S/C16H25FN2O3/c1-5-12(2)9-16(7-6-8-17)18-11-15(14(4)20)10-13(3)19(21)22/h6-7,9-10,12,18,20H,5,8,11H2,1-4H3/b7-6-,13-10+,15-14-,16-9+. The average molecular weight is 312 g/mol. The number of aliphatic hydroxyl groups is 1. The fourth-order valence-electron chi connectivity index (χ4n) is 1.55. The van der Waals surface area contributed by atoms with E-state index in [2.05, 4.69) is 5.32 Å². The molecule has 0 aromatic rings. The number of aliphatic hydroxyl groups excluding tert-OH is 1. The van der Waals surface area contributed by atoms with Gasteiger partial charge in [0, 0.05) is 30.8 Å². The maximum Gasteiger partial charge on any atom is 0.243 e. The Morgan fingerprint density at radius 2 is 2.09 bits per heavy atom. The molecule has 0 aliphatic rings. The van der Waals surface area contributed by atoms with Crippen molar-refractivity contribution < 1.29 is 14.4 Å². The Bertz CT molecular complexity index is 490. The monoisotopic (exact) mass is 312 g/mol. The van der Waals surface area contributed by atoms with E-state index < -0.39 is 11.6 Å². The van der Waals surface area contributed by atoms with Crippen LogP contribution in [0.5, 0.6) is 0 Å². The third-order valence-corrected chi connectivity index (χ3v) is 3.11. The first-order valence-electron chi connectivity index (χ1n) is 7.21. The van der Waals surface area contributed by atoms with Crippen LogP contribution >= 0.6 is 0 Å². The van der Waals surface area contributed by atoms with Crippen LogP contribution in [0, 0.1) is 16.0 Å². The quantitative estimate of drug-likeness (QED) is 0.291. The molecule has 2 N–H and O–H groups in total. The van der Waals surface area contributed by atoms with Gasteiger partial charge >= 0.3 is 0 Å². The highest BCUT2D eigenvalue weighted by atomic mass is 19.1. The number of halogens is 1. The minimum atomic E-state index is -0.568. The lowest BCUT2D eigenvalue weighted by Gasteiger charge is -2.11. The number of hydrogen-bond donors (Lipinski definition) is 2. The summed E-state index contributed by atoms with van der Waals surface area (Å²) >= 11 is 0. The van der Waals surface area contributed by atoms with Crippen LogP contribution in [0.15, 0.2) is 47.0 Å². The lowest BCUT2D eigenvalue weighted by Crippen LogP contribution is -2.17. The highest BCUT2D eigenvalue weighted by molar-refractivity contribution is 5.27. The molecule has 1 unspecified atom stereocenters. The summed E-state index contributed by atoms with van der Waals surface area (Å²) in [5, 5.41) is 23.4. The smallest absolute Gasteiger partial charge is 0.243 e. The predicted octanol–water partition coefficient (Wildman–Crippen LogP) is 4.04. The van der Waals surface area contributed by atoms with Gasteiger partial charge in [-0.1, -0.05) is 32.4 Å². The second-order valence-electron chi connectivity index (χ2n) is 5.07. The van der Waals surface area contributed by atoms with Crippen molar-refractivity contribution in [2.45, 2.75) is 34.1 Å². The first-order valence-corrected chi connectivity index (χ1v) is 7.21. The molecule has 0 amide bonds. The van der Waals surface area contributed by atoms with Crippen molar-refractivity contribution in [3.05, 3.63) is 57.1 Å². The zero-order valence-corrected chi connectivity index (χ0v) is 13.6.